The molecule has 2 aromatic heterocycles. The van der Waals surface area contributed by atoms with Gasteiger partial charge in [-0.2, -0.15) is 8.42 Å². The Hall–Kier alpha value is -2.98. The third-order valence-electron chi connectivity index (χ3n) is 4.48. The van der Waals surface area contributed by atoms with E-state index >= 15 is 0 Å². The lowest BCUT2D eigenvalue weighted by atomic mass is 10.1. The summed E-state index contributed by atoms with van der Waals surface area (Å²) in [7, 11) is -3.89. The van der Waals surface area contributed by atoms with Gasteiger partial charge >= 0.3 is 5.97 Å². The van der Waals surface area contributed by atoms with Crippen molar-refractivity contribution in [1.29, 1.82) is 0 Å². The normalized spacial score (nSPS) is 12.0. The summed E-state index contributed by atoms with van der Waals surface area (Å²) in [6.45, 7) is 4.13. The van der Waals surface area contributed by atoms with Crippen LogP contribution < -0.4 is 9.54 Å². The van der Waals surface area contributed by atoms with E-state index in [1.807, 2.05) is 11.4 Å². The highest BCUT2D eigenvalue weighted by atomic mass is 35.5. The van der Waals surface area contributed by atoms with Crippen molar-refractivity contribution < 1.29 is 17.9 Å². The van der Waals surface area contributed by atoms with Gasteiger partial charge in [0.25, 0.3) is 10.0 Å². The molecule has 0 saturated carbocycles. The number of sulfonamides is 1. The summed E-state index contributed by atoms with van der Waals surface area (Å²) in [5.41, 5.74) is 2.03. The van der Waals surface area contributed by atoms with Crippen LogP contribution >= 0.6 is 34.3 Å². The van der Waals surface area contributed by atoms with Gasteiger partial charge in [-0.05, 0) is 54.1 Å². The third kappa shape index (κ3) is 5.33. The minimum Gasteiger partial charge on any atom is -0.423 e. The number of allylic oxidation sites excluding steroid dienone is 1. The number of hydrogen-bond donors (Lipinski definition) is 0. The van der Waals surface area contributed by atoms with Crippen molar-refractivity contribution in [3.63, 3.8) is 0 Å². The van der Waals surface area contributed by atoms with Crippen molar-refractivity contribution in [1.82, 2.24) is 4.57 Å². The van der Waals surface area contributed by atoms with E-state index in [0.29, 0.717) is 27.0 Å². The predicted molar refractivity (Wildman–Crippen MR) is 131 cm³/mol. The SMILES string of the molecule is C=CCn1c(-c2ccc(OC(=O)c3ccccc3)cc2)csc1=NS(=O)(=O)c1ccc(Cl)s1. The Morgan fingerprint density at radius 3 is 2.45 bits per heavy atom. The zero-order chi connectivity index (χ0) is 23.4. The fourth-order valence-electron chi connectivity index (χ4n) is 2.96. The molecule has 2 heterocycles. The number of aromatic nitrogens is 1. The smallest absolute Gasteiger partial charge is 0.343 e. The van der Waals surface area contributed by atoms with Gasteiger partial charge in [-0.3, -0.25) is 0 Å². The number of hydrogen-bond acceptors (Lipinski definition) is 6. The van der Waals surface area contributed by atoms with E-state index in [4.69, 9.17) is 16.3 Å². The molecule has 0 bridgehead atoms. The average Bonchev–Trinajstić information content (AvgIpc) is 3.42. The van der Waals surface area contributed by atoms with E-state index in [1.165, 1.54) is 23.5 Å². The minimum absolute atomic E-state index is 0.0807. The van der Waals surface area contributed by atoms with E-state index in [9.17, 15) is 13.2 Å². The van der Waals surface area contributed by atoms with Crippen LogP contribution in [-0.2, 0) is 16.6 Å². The number of esters is 1. The summed E-state index contributed by atoms with van der Waals surface area (Å²) in [5.74, 6) is -0.0410. The van der Waals surface area contributed by atoms with Crippen molar-refractivity contribution in [2.24, 2.45) is 4.40 Å². The maximum Gasteiger partial charge on any atom is 0.343 e. The molecule has 0 amide bonds. The summed E-state index contributed by atoms with van der Waals surface area (Å²) in [5, 5.41) is 1.82. The van der Waals surface area contributed by atoms with Gasteiger partial charge in [-0.15, -0.1) is 33.7 Å². The molecule has 10 heteroatoms. The molecule has 0 radical (unpaired) electrons. The highest BCUT2D eigenvalue weighted by Gasteiger charge is 2.17. The van der Waals surface area contributed by atoms with Crippen LogP contribution in [0.1, 0.15) is 10.4 Å². The molecule has 0 aliphatic rings. The van der Waals surface area contributed by atoms with Crippen LogP contribution in [-0.4, -0.2) is 19.0 Å². The second kappa shape index (κ2) is 9.88. The lowest BCUT2D eigenvalue weighted by Crippen LogP contribution is -2.17. The average molecular weight is 517 g/mol. The first-order valence-corrected chi connectivity index (χ1v) is 13.1. The standard InChI is InChI=1S/C23H17ClN2O4S3/c1-2-14-26-19(15-31-23(26)25-33(28,29)21-13-12-20(24)32-21)16-8-10-18(11-9-16)30-22(27)17-6-4-3-5-7-17/h2-13,15H,1,14H2. The molecule has 2 aromatic carbocycles. The number of carbonyl (C=O) groups is 1. The van der Waals surface area contributed by atoms with Gasteiger partial charge in [0.2, 0.25) is 4.80 Å². The predicted octanol–water partition coefficient (Wildman–Crippen LogP) is 5.63. The van der Waals surface area contributed by atoms with E-state index < -0.39 is 16.0 Å². The zero-order valence-corrected chi connectivity index (χ0v) is 20.3. The maximum atomic E-state index is 12.7. The fourth-order valence-corrected chi connectivity index (χ4v) is 6.55. The number of thiazole rings is 1. The van der Waals surface area contributed by atoms with Crippen molar-refractivity contribution in [3.05, 3.63) is 99.5 Å². The number of carbonyl (C=O) groups excluding carboxylic acids is 1. The van der Waals surface area contributed by atoms with Crippen LogP contribution in [0.4, 0.5) is 0 Å². The van der Waals surface area contributed by atoms with Crippen LogP contribution in [0.3, 0.4) is 0 Å². The van der Waals surface area contributed by atoms with Crippen molar-refractivity contribution >= 4 is 50.3 Å². The summed E-state index contributed by atoms with van der Waals surface area (Å²) in [6.07, 6.45) is 1.67. The Kier molecular flexibility index (Phi) is 6.94. The number of nitrogens with zero attached hydrogens (tertiary/aromatic N) is 2. The van der Waals surface area contributed by atoms with Crippen molar-refractivity contribution in [2.75, 3.05) is 0 Å². The first-order chi connectivity index (χ1) is 15.9. The zero-order valence-electron chi connectivity index (χ0n) is 17.0. The summed E-state index contributed by atoms with van der Waals surface area (Å²) >= 11 is 8.04. The van der Waals surface area contributed by atoms with Gasteiger partial charge in [0.1, 0.15) is 9.96 Å². The third-order valence-corrected chi connectivity index (χ3v) is 8.43. The van der Waals surface area contributed by atoms with Crippen LogP contribution in [0, 0.1) is 0 Å². The maximum absolute atomic E-state index is 12.7. The molecule has 0 aliphatic carbocycles. The number of ether oxygens (including phenoxy) is 1. The Bertz CT molecular complexity index is 1470. The van der Waals surface area contributed by atoms with Crippen LogP contribution in [0.5, 0.6) is 5.75 Å². The van der Waals surface area contributed by atoms with Crippen LogP contribution in [0.25, 0.3) is 11.3 Å². The van der Waals surface area contributed by atoms with Gasteiger partial charge < -0.3 is 9.30 Å². The Morgan fingerprint density at radius 1 is 1.09 bits per heavy atom. The topological polar surface area (TPSA) is 77.7 Å². The number of rotatable bonds is 7. The summed E-state index contributed by atoms with van der Waals surface area (Å²) in [6, 6.07) is 18.7. The molecule has 0 aliphatic heterocycles. The second-order valence-corrected chi connectivity index (χ2v) is 11.1. The molecule has 6 nitrogen and oxygen atoms in total. The Balaban J connectivity index is 1.64. The molecule has 33 heavy (non-hydrogen) atoms. The van der Waals surface area contributed by atoms with Crippen LogP contribution in [0.2, 0.25) is 4.34 Å². The van der Waals surface area contributed by atoms with Gasteiger partial charge in [0.05, 0.1) is 15.6 Å². The number of halogens is 1. The van der Waals surface area contributed by atoms with Gasteiger partial charge in [0, 0.05) is 11.9 Å². The van der Waals surface area contributed by atoms with E-state index in [0.717, 1.165) is 22.6 Å². The Labute approximate surface area is 203 Å². The first kappa shape index (κ1) is 23.2. The molecule has 4 rings (SSSR count). The van der Waals surface area contributed by atoms with Crippen molar-refractivity contribution in [3.8, 4) is 17.0 Å². The molecule has 168 valence electrons. The Morgan fingerprint density at radius 2 is 1.82 bits per heavy atom. The molecule has 0 N–H and O–H groups in total. The highest BCUT2D eigenvalue weighted by molar-refractivity contribution is 7.92. The van der Waals surface area contributed by atoms with Gasteiger partial charge in [-0.25, -0.2) is 4.79 Å². The first-order valence-electron chi connectivity index (χ1n) is 9.60. The monoisotopic (exact) mass is 516 g/mol. The minimum atomic E-state index is -3.89. The fraction of sp³-hybridized carbons (Fsp3) is 0.0435. The van der Waals surface area contributed by atoms with Crippen molar-refractivity contribution in [2.45, 2.75) is 10.8 Å². The number of benzene rings is 2. The van der Waals surface area contributed by atoms with E-state index in [-0.39, 0.29) is 4.21 Å². The van der Waals surface area contributed by atoms with Gasteiger partial charge in [-0.1, -0.05) is 35.9 Å². The molecular weight excluding hydrogens is 500 g/mol. The molecule has 0 spiro atoms. The number of thiophene rings is 1. The molecular formula is C23H17ClN2O4S3. The van der Waals surface area contributed by atoms with E-state index in [1.54, 1.807) is 59.2 Å². The lowest BCUT2D eigenvalue weighted by Gasteiger charge is -2.08. The highest BCUT2D eigenvalue weighted by Crippen LogP contribution is 2.27. The largest absolute Gasteiger partial charge is 0.423 e. The van der Waals surface area contributed by atoms with Gasteiger partial charge in [0.15, 0.2) is 0 Å². The quantitative estimate of drug-likeness (QED) is 0.181. The molecule has 0 fully saturated rings. The van der Waals surface area contributed by atoms with Crippen LogP contribution in [0.15, 0.2) is 93.4 Å². The molecule has 4 aromatic rings. The second-order valence-electron chi connectivity index (χ2n) is 6.71. The summed E-state index contributed by atoms with van der Waals surface area (Å²) < 4.78 is 37.0. The summed E-state index contributed by atoms with van der Waals surface area (Å²) in [4.78, 5) is 12.6. The van der Waals surface area contributed by atoms with E-state index in [2.05, 4.69) is 11.0 Å². The lowest BCUT2D eigenvalue weighted by molar-refractivity contribution is 0.0734. The molecule has 0 unspecified atom stereocenters. The molecule has 0 saturated heterocycles. The molecule has 0 atom stereocenters.